The summed E-state index contributed by atoms with van der Waals surface area (Å²) in [5.41, 5.74) is -0.454. The Balaban J connectivity index is 1.40. The molecular weight excluding hydrogens is 458 g/mol. The molecule has 3 heterocycles. The Hall–Kier alpha value is -1.72. The van der Waals surface area contributed by atoms with Crippen LogP contribution in [0.15, 0.2) is 42.9 Å². The molecule has 3 saturated carbocycles. The van der Waals surface area contributed by atoms with Crippen LogP contribution in [0, 0.1) is 46.3 Å². The van der Waals surface area contributed by atoms with E-state index in [1.807, 2.05) is 6.20 Å². The number of allylic oxidation sites excluding steroid dienone is 2. The highest BCUT2D eigenvalue weighted by molar-refractivity contribution is 5.49. The van der Waals surface area contributed by atoms with Crippen LogP contribution in [0.4, 0.5) is 5.82 Å². The van der Waals surface area contributed by atoms with Crippen molar-refractivity contribution in [3.05, 3.63) is 42.9 Å². The third-order valence-electron chi connectivity index (χ3n) is 12.2. The zero-order valence-corrected chi connectivity index (χ0v) is 23.7. The fourth-order valence-corrected chi connectivity index (χ4v) is 9.71. The van der Waals surface area contributed by atoms with E-state index in [4.69, 9.17) is 9.82 Å². The molecule has 2 bridgehead atoms. The lowest BCUT2D eigenvalue weighted by atomic mass is 9.41. The maximum Gasteiger partial charge on any atom is 0.171 e. The van der Waals surface area contributed by atoms with Gasteiger partial charge in [-0.3, -0.25) is 9.82 Å². The van der Waals surface area contributed by atoms with Crippen molar-refractivity contribution in [2.75, 3.05) is 5.06 Å². The van der Waals surface area contributed by atoms with Gasteiger partial charge in [0, 0.05) is 36.1 Å². The number of hydrogen-bond donors (Lipinski definition) is 1. The third-order valence-corrected chi connectivity index (χ3v) is 12.2. The van der Waals surface area contributed by atoms with E-state index in [1.54, 1.807) is 12.4 Å². The molecule has 1 saturated heterocycles. The van der Waals surface area contributed by atoms with Crippen molar-refractivity contribution in [3.63, 3.8) is 0 Å². The molecule has 0 radical (unpaired) electrons. The minimum absolute atomic E-state index is 0.0222. The quantitative estimate of drug-likeness (QED) is 0.448. The number of aromatic nitrogens is 2. The number of hydrogen-bond acceptors (Lipinski definition) is 5. The molecule has 10 atom stereocenters. The summed E-state index contributed by atoms with van der Waals surface area (Å²) in [6, 6.07) is 0. The normalized spacial score (nSPS) is 46.1. The predicted octanol–water partition coefficient (Wildman–Crippen LogP) is 6.75. The van der Waals surface area contributed by atoms with Crippen LogP contribution in [-0.4, -0.2) is 32.3 Å². The first-order valence-corrected chi connectivity index (χ1v) is 14.9. The van der Waals surface area contributed by atoms with Gasteiger partial charge < -0.3 is 5.11 Å². The van der Waals surface area contributed by atoms with Gasteiger partial charge >= 0.3 is 0 Å². The molecule has 1 aromatic heterocycles. The number of hydroxylamine groups is 1. The van der Waals surface area contributed by atoms with Gasteiger partial charge in [0.25, 0.3) is 0 Å². The minimum atomic E-state index is -0.387. The molecule has 202 valence electrons. The molecule has 2 aliphatic heterocycles. The summed E-state index contributed by atoms with van der Waals surface area (Å²) in [5.74, 6) is 4.21. The zero-order chi connectivity index (χ0) is 26.2. The van der Waals surface area contributed by atoms with E-state index in [0.717, 1.165) is 18.7 Å². The lowest BCUT2D eigenvalue weighted by molar-refractivity contribution is -0.273. The Kier molecular flexibility index (Phi) is 5.97. The first-order chi connectivity index (χ1) is 17.6. The molecule has 1 N–H and O–H groups in total. The maximum atomic E-state index is 10.9. The minimum Gasteiger partial charge on any atom is -0.393 e. The Labute approximate surface area is 223 Å². The van der Waals surface area contributed by atoms with E-state index >= 15 is 0 Å². The Morgan fingerprint density at radius 2 is 1.81 bits per heavy atom. The molecule has 1 unspecified atom stereocenters. The van der Waals surface area contributed by atoms with Crippen LogP contribution in [0.25, 0.3) is 0 Å². The fourth-order valence-electron chi connectivity index (χ4n) is 9.71. The van der Waals surface area contributed by atoms with E-state index in [2.05, 4.69) is 75.9 Å². The first kappa shape index (κ1) is 25.6. The van der Waals surface area contributed by atoms with Crippen LogP contribution in [0.1, 0.15) is 86.5 Å². The zero-order valence-electron chi connectivity index (χ0n) is 23.7. The number of fused-ring (bicyclic) bond motifs is 2. The van der Waals surface area contributed by atoms with Crippen molar-refractivity contribution in [1.29, 1.82) is 0 Å². The molecular formula is C32H47N3O2. The molecule has 7 rings (SSSR count). The topological polar surface area (TPSA) is 58.5 Å². The predicted molar refractivity (Wildman–Crippen MR) is 148 cm³/mol. The molecule has 1 aromatic rings. The van der Waals surface area contributed by atoms with Gasteiger partial charge in [-0.25, -0.2) is 10.0 Å². The summed E-state index contributed by atoms with van der Waals surface area (Å²) in [6.45, 7) is 14.5. The van der Waals surface area contributed by atoms with Crippen LogP contribution >= 0.6 is 0 Å². The highest BCUT2D eigenvalue weighted by Gasteiger charge is 2.75. The lowest BCUT2D eigenvalue weighted by Crippen LogP contribution is -2.79. The van der Waals surface area contributed by atoms with Gasteiger partial charge in [-0.1, -0.05) is 65.8 Å². The highest BCUT2D eigenvalue weighted by atomic mass is 16.7. The fraction of sp³-hybridized carbons (Fsp3) is 0.750. The summed E-state index contributed by atoms with van der Waals surface area (Å²) >= 11 is 0. The molecule has 0 aromatic carbocycles. The molecule has 2 spiro atoms. The van der Waals surface area contributed by atoms with Crippen LogP contribution in [0.3, 0.4) is 0 Å². The average Bonchev–Trinajstić information content (AvgIpc) is 3.25. The highest BCUT2D eigenvalue weighted by Crippen LogP contribution is 2.73. The maximum absolute atomic E-state index is 10.9. The Morgan fingerprint density at radius 1 is 1.00 bits per heavy atom. The smallest absolute Gasteiger partial charge is 0.171 e. The molecule has 0 amide bonds. The van der Waals surface area contributed by atoms with Crippen molar-refractivity contribution in [3.8, 4) is 0 Å². The summed E-state index contributed by atoms with van der Waals surface area (Å²) < 4.78 is 0. The molecule has 5 heteroatoms. The van der Waals surface area contributed by atoms with E-state index in [-0.39, 0.29) is 28.1 Å². The van der Waals surface area contributed by atoms with Crippen molar-refractivity contribution in [2.45, 2.75) is 104 Å². The van der Waals surface area contributed by atoms with E-state index in [0.29, 0.717) is 41.9 Å². The summed E-state index contributed by atoms with van der Waals surface area (Å²) in [4.78, 5) is 16.4. The molecule has 4 aliphatic carbocycles. The second kappa shape index (κ2) is 8.64. The van der Waals surface area contributed by atoms with Gasteiger partial charge in [0.1, 0.15) is 5.60 Å². The van der Waals surface area contributed by atoms with Crippen LogP contribution < -0.4 is 5.06 Å². The van der Waals surface area contributed by atoms with Gasteiger partial charge in [0.2, 0.25) is 0 Å². The third kappa shape index (κ3) is 3.41. The van der Waals surface area contributed by atoms with Crippen LogP contribution in [0.5, 0.6) is 0 Å². The van der Waals surface area contributed by atoms with E-state index in [1.165, 1.54) is 25.7 Å². The number of rotatable bonds is 5. The van der Waals surface area contributed by atoms with Crippen molar-refractivity contribution < 1.29 is 9.94 Å². The monoisotopic (exact) mass is 505 g/mol. The molecule has 5 nitrogen and oxygen atoms in total. The lowest BCUT2D eigenvalue weighted by Gasteiger charge is -2.73. The van der Waals surface area contributed by atoms with Crippen molar-refractivity contribution in [2.24, 2.45) is 46.3 Å². The number of aliphatic hydroxyl groups excluding tert-OH is 1. The first-order valence-electron chi connectivity index (χ1n) is 14.9. The Bertz CT molecular complexity index is 1070. The van der Waals surface area contributed by atoms with Crippen molar-refractivity contribution >= 4 is 5.82 Å². The summed E-state index contributed by atoms with van der Waals surface area (Å²) in [7, 11) is 0. The molecule has 4 fully saturated rings. The second-order valence-electron chi connectivity index (χ2n) is 14.1. The SMILES string of the molecule is CC(C)[C@@H](C)/C=C/[C@@H](C)[C@H]1CC[C@@H]2[C@]1(C)CCC1[C@]23C=C[C@]2(C[C@@H](O)CC[C@]12C)N(c1cnccn1)O3. The molecule has 6 aliphatic rings. The largest absolute Gasteiger partial charge is 0.393 e. The van der Waals surface area contributed by atoms with Crippen molar-refractivity contribution in [1.82, 2.24) is 9.97 Å². The van der Waals surface area contributed by atoms with Crippen LogP contribution in [-0.2, 0) is 4.84 Å². The second-order valence-corrected chi connectivity index (χ2v) is 14.1. The van der Waals surface area contributed by atoms with E-state index < -0.39 is 0 Å². The average molecular weight is 506 g/mol. The number of nitrogens with zero attached hydrogens (tertiary/aromatic N) is 3. The summed E-state index contributed by atoms with van der Waals surface area (Å²) in [5, 5.41) is 13.0. The van der Waals surface area contributed by atoms with Gasteiger partial charge in [0.15, 0.2) is 5.82 Å². The van der Waals surface area contributed by atoms with E-state index in [9.17, 15) is 5.11 Å². The summed E-state index contributed by atoms with van der Waals surface area (Å²) in [6.07, 6.45) is 22.4. The van der Waals surface area contributed by atoms with Gasteiger partial charge in [-0.05, 0) is 67.6 Å². The standard InChI is InChI=1S/C32H47N3O2/c1-21(2)22(3)7-8-23(4)25-9-10-26-29(25,5)13-12-27-30(6)14-11-24(36)19-31(30)15-16-32(26,27)37-35(31)28-20-33-17-18-34-28/h7-8,15-18,20-27,36H,9-14,19H2,1-6H3/b8-7+/t22-,23+,24-,25+,26+,27?,29+,30+,31+,32-/m0/s1. The number of anilines is 1. The molecule has 37 heavy (non-hydrogen) atoms. The Morgan fingerprint density at radius 3 is 2.54 bits per heavy atom. The van der Waals surface area contributed by atoms with Gasteiger partial charge in [-0.15, -0.1) is 0 Å². The van der Waals surface area contributed by atoms with Crippen LogP contribution in [0.2, 0.25) is 0 Å². The number of aliphatic hydroxyl groups is 1. The van der Waals surface area contributed by atoms with Gasteiger partial charge in [-0.2, -0.15) is 0 Å². The van der Waals surface area contributed by atoms with Gasteiger partial charge in [0.05, 0.1) is 17.8 Å².